The van der Waals surface area contributed by atoms with Crippen LogP contribution in [0.4, 0.5) is 5.69 Å². The van der Waals surface area contributed by atoms with Gasteiger partial charge in [-0.3, -0.25) is 19.7 Å². The highest BCUT2D eigenvalue weighted by molar-refractivity contribution is 6.32. The molecule has 26 heavy (non-hydrogen) atoms. The third-order valence-corrected chi connectivity index (χ3v) is 3.93. The molecule has 1 heterocycles. The third kappa shape index (κ3) is 4.11. The number of rotatable bonds is 7. The van der Waals surface area contributed by atoms with Crippen molar-refractivity contribution in [2.24, 2.45) is 0 Å². The number of nitro groups is 1. The summed E-state index contributed by atoms with van der Waals surface area (Å²) in [5.41, 5.74) is -0.389. The van der Waals surface area contributed by atoms with Crippen LogP contribution in [0.25, 0.3) is 0 Å². The molecule has 0 spiro atoms. The van der Waals surface area contributed by atoms with Crippen LogP contribution in [-0.4, -0.2) is 43.6 Å². The number of tetrazole rings is 1. The van der Waals surface area contributed by atoms with Gasteiger partial charge in [0.05, 0.1) is 11.0 Å². The topological polar surface area (TPSA) is 142 Å². The van der Waals surface area contributed by atoms with E-state index in [0.717, 1.165) is 18.9 Å². The Kier molecular flexibility index (Phi) is 5.07. The van der Waals surface area contributed by atoms with Crippen LogP contribution in [-0.2, 0) is 16.1 Å². The molecular formula is C14H13ClN6O5. The number of nitrogens with zero attached hydrogens (tertiary/aromatic N) is 5. The zero-order chi connectivity index (χ0) is 18.7. The molecule has 1 aromatic carbocycles. The van der Waals surface area contributed by atoms with Crippen LogP contribution in [0.3, 0.4) is 0 Å². The van der Waals surface area contributed by atoms with Crippen molar-refractivity contribution in [3.8, 4) is 0 Å². The van der Waals surface area contributed by atoms with E-state index in [9.17, 15) is 19.7 Å². The van der Waals surface area contributed by atoms with E-state index in [2.05, 4.69) is 20.8 Å². The quantitative estimate of drug-likeness (QED) is 0.426. The maximum atomic E-state index is 12.0. The Morgan fingerprint density at radius 2 is 2.19 bits per heavy atom. The summed E-state index contributed by atoms with van der Waals surface area (Å²) >= 11 is 5.69. The minimum Gasteiger partial charge on any atom is -0.456 e. The van der Waals surface area contributed by atoms with Crippen LogP contribution >= 0.6 is 11.6 Å². The number of ether oxygens (including phenoxy) is 1. The predicted octanol–water partition coefficient (Wildman–Crippen LogP) is 1.04. The van der Waals surface area contributed by atoms with Gasteiger partial charge in [-0.25, -0.2) is 4.68 Å². The highest BCUT2D eigenvalue weighted by atomic mass is 35.5. The Morgan fingerprint density at radius 3 is 2.88 bits per heavy atom. The SMILES string of the molecule is O=C(CNC(=O)c1ccc(Cl)c([N+](=O)[O-])c1)OCc1nnnn1C1CC1. The monoisotopic (exact) mass is 380 g/mol. The van der Waals surface area contributed by atoms with Gasteiger partial charge < -0.3 is 10.1 Å². The summed E-state index contributed by atoms with van der Waals surface area (Å²) in [7, 11) is 0. The van der Waals surface area contributed by atoms with Crippen molar-refractivity contribution in [3.05, 3.63) is 44.7 Å². The van der Waals surface area contributed by atoms with Gasteiger partial charge in [-0.1, -0.05) is 11.6 Å². The lowest BCUT2D eigenvalue weighted by Crippen LogP contribution is -2.30. The number of aromatic nitrogens is 4. The van der Waals surface area contributed by atoms with Gasteiger partial charge >= 0.3 is 5.97 Å². The van der Waals surface area contributed by atoms with E-state index in [1.165, 1.54) is 12.1 Å². The second kappa shape index (κ2) is 7.44. The fourth-order valence-corrected chi connectivity index (χ4v) is 2.34. The molecule has 136 valence electrons. The second-order valence-electron chi connectivity index (χ2n) is 5.54. The van der Waals surface area contributed by atoms with Crippen molar-refractivity contribution in [2.45, 2.75) is 25.5 Å². The van der Waals surface area contributed by atoms with E-state index in [1.54, 1.807) is 4.68 Å². The van der Waals surface area contributed by atoms with Gasteiger partial charge in [-0.05, 0) is 35.4 Å². The number of amides is 1. The van der Waals surface area contributed by atoms with Crippen LogP contribution in [0.15, 0.2) is 18.2 Å². The van der Waals surface area contributed by atoms with Crippen molar-refractivity contribution in [1.29, 1.82) is 0 Å². The number of hydrogen-bond donors (Lipinski definition) is 1. The third-order valence-electron chi connectivity index (χ3n) is 3.61. The van der Waals surface area contributed by atoms with Crippen LogP contribution < -0.4 is 5.32 Å². The summed E-state index contributed by atoms with van der Waals surface area (Å²) in [4.78, 5) is 33.9. The molecule has 11 nitrogen and oxygen atoms in total. The van der Waals surface area contributed by atoms with E-state index in [4.69, 9.17) is 16.3 Å². The molecule has 3 rings (SSSR count). The van der Waals surface area contributed by atoms with Gasteiger partial charge in [0, 0.05) is 11.6 Å². The van der Waals surface area contributed by atoms with Crippen molar-refractivity contribution < 1.29 is 19.2 Å². The zero-order valence-corrected chi connectivity index (χ0v) is 14.0. The summed E-state index contributed by atoms with van der Waals surface area (Å²) in [6, 6.07) is 3.84. The maximum Gasteiger partial charge on any atom is 0.325 e. The highest BCUT2D eigenvalue weighted by Crippen LogP contribution is 2.34. The molecule has 1 aromatic heterocycles. The Bertz CT molecular complexity index is 865. The molecule has 1 N–H and O–H groups in total. The predicted molar refractivity (Wildman–Crippen MR) is 86.3 cm³/mol. The first kappa shape index (κ1) is 17.7. The van der Waals surface area contributed by atoms with Crippen molar-refractivity contribution >= 4 is 29.2 Å². The summed E-state index contributed by atoms with van der Waals surface area (Å²) in [5, 5.41) is 24.2. The Labute approximate surface area is 151 Å². The molecular weight excluding hydrogens is 368 g/mol. The minimum atomic E-state index is -0.697. The Hall–Kier alpha value is -3.08. The van der Waals surface area contributed by atoms with Crippen molar-refractivity contribution in [1.82, 2.24) is 25.5 Å². The number of hydrogen-bond acceptors (Lipinski definition) is 8. The molecule has 1 amide bonds. The van der Waals surface area contributed by atoms with Gasteiger partial charge in [0.2, 0.25) is 0 Å². The van der Waals surface area contributed by atoms with Crippen LogP contribution in [0, 0.1) is 10.1 Å². The fraction of sp³-hybridized carbons (Fsp3) is 0.357. The van der Waals surface area contributed by atoms with Gasteiger partial charge in [0.1, 0.15) is 11.6 Å². The van der Waals surface area contributed by atoms with Gasteiger partial charge in [0.25, 0.3) is 11.6 Å². The van der Waals surface area contributed by atoms with E-state index >= 15 is 0 Å². The summed E-state index contributed by atoms with van der Waals surface area (Å²) in [6.45, 7) is -0.509. The fourth-order valence-electron chi connectivity index (χ4n) is 2.15. The number of nitro benzene ring substituents is 1. The lowest BCUT2D eigenvalue weighted by molar-refractivity contribution is -0.384. The molecule has 1 fully saturated rings. The molecule has 0 saturated heterocycles. The van der Waals surface area contributed by atoms with Gasteiger partial charge in [-0.15, -0.1) is 5.10 Å². The molecule has 0 radical (unpaired) electrons. The number of nitrogens with one attached hydrogen (secondary N) is 1. The Morgan fingerprint density at radius 1 is 1.42 bits per heavy atom. The van der Waals surface area contributed by atoms with E-state index in [0.29, 0.717) is 5.82 Å². The summed E-state index contributed by atoms with van der Waals surface area (Å²) < 4.78 is 6.64. The smallest absolute Gasteiger partial charge is 0.325 e. The lowest BCUT2D eigenvalue weighted by Gasteiger charge is -2.07. The number of esters is 1. The molecule has 1 aliphatic carbocycles. The second-order valence-corrected chi connectivity index (χ2v) is 5.94. The van der Waals surface area contributed by atoms with Crippen molar-refractivity contribution in [3.63, 3.8) is 0 Å². The van der Waals surface area contributed by atoms with Gasteiger partial charge in [0.15, 0.2) is 12.4 Å². The molecule has 0 unspecified atom stereocenters. The molecule has 2 aromatic rings. The van der Waals surface area contributed by atoms with Crippen molar-refractivity contribution in [2.75, 3.05) is 6.54 Å². The molecule has 0 atom stereocenters. The molecule has 0 bridgehead atoms. The first-order chi connectivity index (χ1) is 12.5. The first-order valence-corrected chi connectivity index (χ1v) is 7.98. The first-order valence-electron chi connectivity index (χ1n) is 7.60. The lowest BCUT2D eigenvalue weighted by atomic mass is 10.2. The van der Waals surface area contributed by atoms with Crippen LogP contribution in [0.5, 0.6) is 0 Å². The van der Waals surface area contributed by atoms with Crippen LogP contribution in [0.2, 0.25) is 5.02 Å². The number of halogens is 1. The standard InChI is InChI=1S/C14H13ClN6O5/c15-10-4-1-8(5-11(10)21(24)25)14(23)16-6-13(22)26-7-12-17-18-19-20(12)9-2-3-9/h1,4-5,9H,2-3,6-7H2,(H,16,23). The van der Waals surface area contributed by atoms with E-state index < -0.39 is 29.0 Å². The molecule has 1 aliphatic rings. The highest BCUT2D eigenvalue weighted by Gasteiger charge is 2.28. The normalized spacial score (nSPS) is 13.3. The van der Waals surface area contributed by atoms with E-state index in [1.807, 2.05) is 0 Å². The number of carbonyl (C=O) groups is 2. The van der Waals surface area contributed by atoms with Gasteiger partial charge in [-0.2, -0.15) is 0 Å². The largest absolute Gasteiger partial charge is 0.456 e. The van der Waals surface area contributed by atoms with E-state index in [-0.39, 0.29) is 23.2 Å². The summed E-state index contributed by atoms with van der Waals surface area (Å²) in [5.74, 6) is -0.919. The minimum absolute atomic E-state index is 0.00609. The number of benzene rings is 1. The zero-order valence-electron chi connectivity index (χ0n) is 13.3. The van der Waals surface area contributed by atoms with Crippen LogP contribution in [0.1, 0.15) is 35.1 Å². The summed E-state index contributed by atoms with van der Waals surface area (Å²) in [6.07, 6.45) is 1.96. The maximum absolute atomic E-state index is 12.0. The molecule has 1 saturated carbocycles. The average molecular weight is 381 g/mol. The molecule has 0 aliphatic heterocycles. The Balaban J connectivity index is 1.51. The molecule has 12 heteroatoms. The average Bonchev–Trinajstić information content (AvgIpc) is 3.36. The number of carbonyl (C=O) groups excluding carboxylic acids is 2.